The van der Waals surface area contributed by atoms with Crippen LogP contribution < -0.4 is 5.32 Å². The van der Waals surface area contributed by atoms with Gasteiger partial charge in [-0.15, -0.1) is 0 Å². The van der Waals surface area contributed by atoms with Gasteiger partial charge in [0.25, 0.3) is 0 Å². The minimum absolute atomic E-state index is 0.0871. The molecule has 0 saturated carbocycles. The van der Waals surface area contributed by atoms with Gasteiger partial charge in [0, 0.05) is 30.9 Å². The minimum atomic E-state index is -0.213. The number of nitrogens with zero attached hydrogens (tertiary/aromatic N) is 2. The zero-order chi connectivity index (χ0) is 19.1. The second kappa shape index (κ2) is 9.65. The maximum Gasteiger partial charge on any atom is 0.227 e. The molecule has 0 bridgehead atoms. The Kier molecular flexibility index (Phi) is 6.99. The topological polar surface area (TPSA) is 45.2 Å². The molecule has 4 nitrogen and oxygen atoms in total. The van der Waals surface area contributed by atoms with Crippen molar-refractivity contribution >= 4 is 5.91 Å². The molecule has 0 spiro atoms. The van der Waals surface area contributed by atoms with Gasteiger partial charge in [0.2, 0.25) is 5.91 Å². The average Bonchev–Trinajstić information content (AvgIpc) is 2.72. The van der Waals surface area contributed by atoms with Gasteiger partial charge in [-0.1, -0.05) is 43.3 Å². The number of carbonyl (C=O) groups is 1. The van der Waals surface area contributed by atoms with E-state index in [1.807, 2.05) is 48.5 Å². The van der Waals surface area contributed by atoms with E-state index >= 15 is 0 Å². The third-order valence-corrected chi connectivity index (χ3v) is 5.67. The molecule has 1 aromatic carbocycles. The summed E-state index contributed by atoms with van der Waals surface area (Å²) in [6.45, 7) is 7.50. The molecule has 2 aromatic rings. The first-order valence-corrected chi connectivity index (χ1v) is 10.1. The zero-order valence-corrected chi connectivity index (χ0v) is 16.5. The number of nitrogens with one attached hydrogen (secondary N) is 1. The molecule has 4 heteroatoms. The van der Waals surface area contributed by atoms with Crippen LogP contribution in [0.5, 0.6) is 0 Å². The van der Waals surface area contributed by atoms with Crippen LogP contribution in [-0.4, -0.2) is 41.5 Å². The molecule has 0 radical (unpaired) electrons. The van der Waals surface area contributed by atoms with Gasteiger partial charge in [-0.3, -0.25) is 14.7 Å². The summed E-state index contributed by atoms with van der Waals surface area (Å²) in [7, 11) is 0. The van der Waals surface area contributed by atoms with Crippen molar-refractivity contribution in [2.24, 2.45) is 5.92 Å². The highest BCUT2D eigenvalue weighted by Crippen LogP contribution is 2.21. The van der Waals surface area contributed by atoms with Gasteiger partial charge in [0.1, 0.15) is 0 Å². The summed E-state index contributed by atoms with van der Waals surface area (Å²) in [4.78, 5) is 19.9. The fourth-order valence-corrected chi connectivity index (χ4v) is 3.75. The number of piperidine rings is 1. The van der Waals surface area contributed by atoms with Crippen LogP contribution in [0.1, 0.15) is 43.9 Å². The summed E-state index contributed by atoms with van der Waals surface area (Å²) < 4.78 is 0. The van der Waals surface area contributed by atoms with Crippen molar-refractivity contribution in [1.29, 1.82) is 0 Å². The van der Waals surface area contributed by atoms with Crippen molar-refractivity contribution in [2.75, 3.05) is 19.6 Å². The third-order valence-electron chi connectivity index (χ3n) is 5.67. The molecule has 2 heterocycles. The molecule has 1 aliphatic heterocycles. The third kappa shape index (κ3) is 5.64. The van der Waals surface area contributed by atoms with Gasteiger partial charge in [0.05, 0.1) is 5.92 Å². The summed E-state index contributed by atoms with van der Waals surface area (Å²) in [6, 6.07) is 16.3. The summed E-state index contributed by atoms with van der Waals surface area (Å²) in [6.07, 6.45) is 4.91. The van der Waals surface area contributed by atoms with E-state index in [2.05, 4.69) is 29.0 Å². The van der Waals surface area contributed by atoms with E-state index < -0.39 is 0 Å². The zero-order valence-electron chi connectivity index (χ0n) is 16.5. The number of benzene rings is 1. The number of pyridine rings is 1. The second-order valence-electron chi connectivity index (χ2n) is 7.80. The number of rotatable bonds is 7. The second-order valence-corrected chi connectivity index (χ2v) is 7.80. The molecular formula is C23H31N3O. The lowest BCUT2D eigenvalue weighted by molar-refractivity contribution is -0.122. The highest BCUT2D eigenvalue weighted by Gasteiger charge is 2.24. The van der Waals surface area contributed by atoms with E-state index in [0.717, 1.165) is 30.3 Å². The van der Waals surface area contributed by atoms with Crippen molar-refractivity contribution in [1.82, 2.24) is 15.2 Å². The van der Waals surface area contributed by atoms with Gasteiger partial charge in [0.15, 0.2) is 0 Å². The van der Waals surface area contributed by atoms with Crippen molar-refractivity contribution in [3.63, 3.8) is 0 Å². The normalized spacial score (nSPS) is 18.0. The van der Waals surface area contributed by atoms with Crippen molar-refractivity contribution < 1.29 is 4.79 Å². The Labute approximate surface area is 163 Å². The standard InChI is InChI=1S/C23H31N3O/c1-18-11-14-26(15-12-18)19(2)17-25-23(27)22(20-8-4-3-5-9-20)16-21-10-6-7-13-24-21/h3-10,13,18-19,22H,11-12,14-17H2,1-2H3,(H,25,27). The lowest BCUT2D eigenvalue weighted by Crippen LogP contribution is -2.46. The van der Waals surface area contributed by atoms with Gasteiger partial charge in [-0.05, 0) is 56.5 Å². The first-order chi connectivity index (χ1) is 13.1. The van der Waals surface area contributed by atoms with Crippen LogP contribution in [0, 0.1) is 5.92 Å². The van der Waals surface area contributed by atoms with Crippen LogP contribution in [0.25, 0.3) is 0 Å². The first kappa shape index (κ1) is 19.6. The molecular weight excluding hydrogens is 334 g/mol. The van der Waals surface area contributed by atoms with E-state index in [1.165, 1.54) is 12.8 Å². The van der Waals surface area contributed by atoms with Crippen molar-refractivity contribution in [3.8, 4) is 0 Å². The highest BCUT2D eigenvalue weighted by atomic mass is 16.1. The summed E-state index contributed by atoms with van der Waals surface area (Å²) in [5.41, 5.74) is 1.99. The maximum atomic E-state index is 13.0. The van der Waals surface area contributed by atoms with E-state index in [4.69, 9.17) is 0 Å². The van der Waals surface area contributed by atoms with E-state index in [0.29, 0.717) is 19.0 Å². The average molecular weight is 366 g/mol. The fourth-order valence-electron chi connectivity index (χ4n) is 3.75. The predicted molar refractivity (Wildman–Crippen MR) is 110 cm³/mol. The lowest BCUT2D eigenvalue weighted by Gasteiger charge is -2.35. The number of aromatic nitrogens is 1. The first-order valence-electron chi connectivity index (χ1n) is 10.1. The van der Waals surface area contributed by atoms with Crippen LogP contribution >= 0.6 is 0 Å². The van der Waals surface area contributed by atoms with Crippen LogP contribution in [0.15, 0.2) is 54.7 Å². The Morgan fingerprint density at radius 3 is 2.52 bits per heavy atom. The monoisotopic (exact) mass is 365 g/mol. The number of carbonyl (C=O) groups excluding carboxylic acids is 1. The summed E-state index contributed by atoms with van der Waals surface area (Å²) >= 11 is 0. The van der Waals surface area contributed by atoms with E-state index in [1.54, 1.807) is 6.20 Å². The minimum Gasteiger partial charge on any atom is -0.354 e. The van der Waals surface area contributed by atoms with E-state index in [9.17, 15) is 4.79 Å². The smallest absolute Gasteiger partial charge is 0.227 e. The molecule has 1 aliphatic rings. The fraction of sp³-hybridized carbons (Fsp3) is 0.478. The molecule has 3 rings (SSSR count). The van der Waals surface area contributed by atoms with Crippen LogP contribution in [0.2, 0.25) is 0 Å². The highest BCUT2D eigenvalue weighted by molar-refractivity contribution is 5.84. The largest absolute Gasteiger partial charge is 0.354 e. The van der Waals surface area contributed by atoms with Gasteiger partial charge < -0.3 is 5.32 Å². The Morgan fingerprint density at radius 2 is 1.85 bits per heavy atom. The van der Waals surface area contributed by atoms with Crippen LogP contribution in [0.4, 0.5) is 0 Å². The molecule has 0 aliphatic carbocycles. The maximum absolute atomic E-state index is 13.0. The van der Waals surface area contributed by atoms with Crippen molar-refractivity contribution in [3.05, 3.63) is 66.0 Å². The number of likely N-dealkylation sites (tertiary alicyclic amines) is 1. The quantitative estimate of drug-likeness (QED) is 0.815. The van der Waals surface area contributed by atoms with Crippen molar-refractivity contribution in [2.45, 2.75) is 45.1 Å². The number of amides is 1. The molecule has 1 saturated heterocycles. The van der Waals surface area contributed by atoms with Crippen LogP contribution in [0.3, 0.4) is 0 Å². The van der Waals surface area contributed by atoms with Gasteiger partial charge in [-0.25, -0.2) is 0 Å². The molecule has 1 aromatic heterocycles. The molecule has 2 atom stereocenters. The summed E-state index contributed by atoms with van der Waals surface area (Å²) in [5.74, 6) is 0.697. The molecule has 1 N–H and O–H groups in total. The molecule has 144 valence electrons. The number of hydrogen-bond donors (Lipinski definition) is 1. The molecule has 1 fully saturated rings. The van der Waals surface area contributed by atoms with Gasteiger partial charge in [-0.2, -0.15) is 0 Å². The van der Waals surface area contributed by atoms with Gasteiger partial charge >= 0.3 is 0 Å². The predicted octanol–water partition coefficient (Wildman–Crippen LogP) is 3.64. The Morgan fingerprint density at radius 1 is 1.15 bits per heavy atom. The number of hydrogen-bond acceptors (Lipinski definition) is 3. The van der Waals surface area contributed by atoms with Crippen LogP contribution in [-0.2, 0) is 11.2 Å². The molecule has 1 amide bonds. The molecule has 27 heavy (non-hydrogen) atoms. The Bertz CT molecular complexity index is 696. The van der Waals surface area contributed by atoms with E-state index in [-0.39, 0.29) is 11.8 Å². The SMILES string of the molecule is CC1CCN(C(C)CNC(=O)C(Cc2ccccn2)c2ccccc2)CC1. The Hall–Kier alpha value is -2.20. The Balaban J connectivity index is 1.62. The molecule has 2 unspecified atom stereocenters. The lowest BCUT2D eigenvalue weighted by atomic mass is 9.93. The summed E-state index contributed by atoms with van der Waals surface area (Å²) in [5, 5.41) is 3.20.